The molecular formula is C12H22N2OS. The normalized spacial score (nSPS) is 32.9. The number of amides is 1. The second-order valence-electron chi connectivity index (χ2n) is 5.19. The topological polar surface area (TPSA) is 55.1 Å². The molecule has 0 unspecified atom stereocenters. The number of nitrogens with two attached hydrogens (primary N) is 1. The van der Waals surface area contributed by atoms with E-state index >= 15 is 0 Å². The maximum absolute atomic E-state index is 11.9. The zero-order valence-corrected chi connectivity index (χ0v) is 10.8. The Kier molecular flexibility index (Phi) is 3.80. The van der Waals surface area contributed by atoms with Crippen LogP contribution in [0.1, 0.15) is 44.9 Å². The van der Waals surface area contributed by atoms with Crippen LogP contribution in [0, 0.1) is 0 Å². The van der Waals surface area contributed by atoms with Crippen molar-refractivity contribution in [3.05, 3.63) is 0 Å². The molecule has 0 atom stereocenters. The fourth-order valence-electron chi connectivity index (χ4n) is 2.56. The van der Waals surface area contributed by atoms with Gasteiger partial charge < -0.3 is 11.1 Å². The molecule has 0 radical (unpaired) electrons. The molecule has 0 aromatic heterocycles. The van der Waals surface area contributed by atoms with Gasteiger partial charge in [-0.1, -0.05) is 0 Å². The van der Waals surface area contributed by atoms with E-state index in [1.807, 2.05) is 11.8 Å². The van der Waals surface area contributed by atoms with Gasteiger partial charge in [0.05, 0.1) is 5.54 Å². The minimum absolute atomic E-state index is 0.0892. The molecule has 4 heteroatoms. The molecule has 3 N–H and O–H groups in total. The summed E-state index contributed by atoms with van der Waals surface area (Å²) in [6, 6.07) is 0.372. The molecule has 0 saturated heterocycles. The van der Waals surface area contributed by atoms with E-state index in [1.54, 1.807) is 0 Å². The molecule has 2 fully saturated rings. The predicted molar refractivity (Wildman–Crippen MR) is 68.5 cm³/mol. The fraction of sp³-hybridized carbons (Fsp3) is 0.917. The number of hydrogen-bond donors (Lipinski definition) is 2. The lowest BCUT2D eigenvalue weighted by Crippen LogP contribution is -2.60. The molecule has 3 nitrogen and oxygen atoms in total. The number of thioether (sulfide) groups is 1. The molecular weight excluding hydrogens is 220 g/mol. The molecule has 0 heterocycles. The summed E-state index contributed by atoms with van der Waals surface area (Å²) in [5, 5.41) is 3.93. The Hall–Kier alpha value is -0.220. The van der Waals surface area contributed by atoms with Crippen molar-refractivity contribution >= 4 is 17.7 Å². The monoisotopic (exact) mass is 242 g/mol. The molecule has 2 aliphatic rings. The molecule has 2 rings (SSSR count). The second kappa shape index (κ2) is 4.96. The number of carbonyl (C=O) groups excluding carboxylic acids is 1. The Balaban J connectivity index is 1.76. The first-order valence-electron chi connectivity index (χ1n) is 6.27. The van der Waals surface area contributed by atoms with Gasteiger partial charge in [-0.2, -0.15) is 11.8 Å². The molecule has 16 heavy (non-hydrogen) atoms. The van der Waals surface area contributed by atoms with Crippen molar-refractivity contribution < 1.29 is 4.79 Å². The second-order valence-corrected chi connectivity index (χ2v) is 6.33. The van der Waals surface area contributed by atoms with Crippen molar-refractivity contribution in [1.82, 2.24) is 5.32 Å². The highest BCUT2D eigenvalue weighted by Gasteiger charge is 2.40. The minimum atomic E-state index is -0.531. The van der Waals surface area contributed by atoms with Crippen molar-refractivity contribution in [1.29, 1.82) is 0 Å². The SMILES string of the molecule is CSC1CCC(NC(=O)C2(N)CCC2)CC1. The highest BCUT2D eigenvalue weighted by Crippen LogP contribution is 2.31. The maximum atomic E-state index is 11.9. The van der Waals surface area contributed by atoms with Crippen LogP contribution in [-0.4, -0.2) is 29.0 Å². The first kappa shape index (κ1) is 12.2. The van der Waals surface area contributed by atoms with Gasteiger partial charge in [0.1, 0.15) is 0 Å². The number of carbonyl (C=O) groups is 1. The lowest BCUT2D eigenvalue weighted by molar-refractivity contribution is -0.130. The zero-order valence-electron chi connectivity index (χ0n) is 10.00. The lowest BCUT2D eigenvalue weighted by atomic mass is 9.76. The van der Waals surface area contributed by atoms with Crippen LogP contribution in [0.3, 0.4) is 0 Å². The molecule has 0 aliphatic heterocycles. The van der Waals surface area contributed by atoms with Crippen LogP contribution >= 0.6 is 11.8 Å². The van der Waals surface area contributed by atoms with Crippen LogP contribution in [0.4, 0.5) is 0 Å². The third-order valence-electron chi connectivity index (χ3n) is 4.04. The van der Waals surface area contributed by atoms with Crippen LogP contribution in [0.25, 0.3) is 0 Å². The van der Waals surface area contributed by atoms with Crippen LogP contribution in [0.15, 0.2) is 0 Å². The smallest absolute Gasteiger partial charge is 0.240 e. The average Bonchev–Trinajstić information content (AvgIpc) is 2.27. The first-order chi connectivity index (χ1) is 7.64. The van der Waals surface area contributed by atoms with Gasteiger partial charge in [0.25, 0.3) is 0 Å². The number of rotatable bonds is 3. The Morgan fingerprint density at radius 1 is 1.31 bits per heavy atom. The van der Waals surface area contributed by atoms with Crippen molar-refractivity contribution in [2.45, 2.75) is 61.8 Å². The van der Waals surface area contributed by atoms with Gasteiger partial charge in [0.15, 0.2) is 0 Å². The third-order valence-corrected chi connectivity index (χ3v) is 5.18. The van der Waals surface area contributed by atoms with Gasteiger partial charge in [0.2, 0.25) is 5.91 Å². The van der Waals surface area contributed by atoms with E-state index in [-0.39, 0.29) is 5.91 Å². The molecule has 92 valence electrons. The summed E-state index contributed by atoms with van der Waals surface area (Å²) in [7, 11) is 0. The molecule has 2 aliphatic carbocycles. The zero-order chi connectivity index (χ0) is 11.6. The Bertz CT molecular complexity index is 258. The maximum Gasteiger partial charge on any atom is 0.240 e. The summed E-state index contributed by atoms with van der Waals surface area (Å²) in [5.41, 5.74) is 5.47. The van der Waals surface area contributed by atoms with E-state index in [0.717, 1.165) is 37.4 Å². The van der Waals surface area contributed by atoms with Gasteiger partial charge >= 0.3 is 0 Å². The van der Waals surface area contributed by atoms with E-state index < -0.39 is 5.54 Å². The molecule has 1 amide bonds. The van der Waals surface area contributed by atoms with Crippen molar-refractivity contribution in [3.63, 3.8) is 0 Å². The van der Waals surface area contributed by atoms with Crippen molar-refractivity contribution in [3.8, 4) is 0 Å². The standard InChI is InChI=1S/C12H22N2OS/c1-16-10-5-3-9(4-6-10)14-11(15)12(13)7-2-8-12/h9-10H,2-8,13H2,1H3,(H,14,15). The third kappa shape index (κ3) is 2.54. The van der Waals surface area contributed by atoms with Gasteiger partial charge in [-0.05, 0) is 51.2 Å². The van der Waals surface area contributed by atoms with Gasteiger partial charge in [0, 0.05) is 11.3 Å². The first-order valence-corrected chi connectivity index (χ1v) is 7.55. The highest BCUT2D eigenvalue weighted by molar-refractivity contribution is 7.99. The Labute approximate surface area is 102 Å². The summed E-state index contributed by atoms with van der Waals surface area (Å²) in [6.45, 7) is 0. The van der Waals surface area contributed by atoms with Crippen LogP contribution in [0.5, 0.6) is 0 Å². The van der Waals surface area contributed by atoms with Gasteiger partial charge in [-0.15, -0.1) is 0 Å². The Morgan fingerprint density at radius 3 is 2.38 bits per heavy atom. The molecule has 0 bridgehead atoms. The highest BCUT2D eigenvalue weighted by atomic mass is 32.2. The van der Waals surface area contributed by atoms with Gasteiger partial charge in [-0.25, -0.2) is 0 Å². The van der Waals surface area contributed by atoms with E-state index in [4.69, 9.17) is 5.73 Å². The largest absolute Gasteiger partial charge is 0.352 e. The van der Waals surface area contributed by atoms with Crippen LogP contribution in [-0.2, 0) is 4.79 Å². The summed E-state index contributed by atoms with van der Waals surface area (Å²) in [6.07, 6.45) is 9.68. The number of hydrogen-bond acceptors (Lipinski definition) is 3. The fourth-order valence-corrected chi connectivity index (χ4v) is 3.30. The van der Waals surface area contributed by atoms with E-state index in [1.165, 1.54) is 12.8 Å². The summed E-state index contributed by atoms with van der Waals surface area (Å²) in [5.74, 6) is 0.0892. The quantitative estimate of drug-likeness (QED) is 0.791. The van der Waals surface area contributed by atoms with E-state index in [9.17, 15) is 4.79 Å². The van der Waals surface area contributed by atoms with Crippen LogP contribution in [0.2, 0.25) is 0 Å². The van der Waals surface area contributed by atoms with Crippen molar-refractivity contribution in [2.75, 3.05) is 6.26 Å². The average molecular weight is 242 g/mol. The van der Waals surface area contributed by atoms with E-state index in [2.05, 4.69) is 11.6 Å². The predicted octanol–water partition coefficient (Wildman–Crippen LogP) is 1.66. The minimum Gasteiger partial charge on any atom is -0.352 e. The Morgan fingerprint density at radius 2 is 1.94 bits per heavy atom. The lowest BCUT2D eigenvalue weighted by Gasteiger charge is -2.38. The molecule has 0 spiro atoms. The van der Waals surface area contributed by atoms with Crippen molar-refractivity contribution in [2.24, 2.45) is 5.73 Å². The van der Waals surface area contributed by atoms with Gasteiger partial charge in [-0.3, -0.25) is 4.79 Å². The summed E-state index contributed by atoms with van der Waals surface area (Å²) >= 11 is 1.95. The summed E-state index contributed by atoms with van der Waals surface area (Å²) in [4.78, 5) is 11.9. The van der Waals surface area contributed by atoms with Crippen LogP contribution < -0.4 is 11.1 Å². The summed E-state index contributed by atoms with van der Waals surface area (Å²) < 4.78 is 0. The molecule has 0 aromatic rings. The molecule has 0 aromatic carbocycles. The molecule has 2 saturated carbocycles. The van der Waals surface area contributed by atoms with E-state index in [0.29, 0.717) is 6.04 Å². The number of nitrogens with one attached hydrogen (secondary N) is 1.